The molecule has 1 aromatic rings. The molecule has 17 heavy (non-hydrogen) atoms. The van der Waals surface area contributed by atoms with E-state index in [-0.39, 0.29) is 5.75 Å². The zero-order valence-electron chi connectivity index (χ0n) is 10.3. The SMILES string of the molecule is COc1ccc(C2CCNCC2)c(OC)c1F. The first-order chi connectivity index (χ1) is 8.27. The van der Waals surface area contributed by atoms with Gasteiger partial charge in [-0.25, -0.2) is 0 Å². The van der Waals surface area contributed by atoms with Gasteiger partial charge in [-0.2, -0.15) is 4.39 Å². The minimum atomic E-state index is -0.397. The lowest BCUT2D eigenvalue weighted by atomic mass is 9.89. The lowest BCUT2D eigenvalue weighted by Crippen LogP contribution is -2.26. The van der Waals surface area contributed by atoms with Crippen molar-refractivity contribution in [3.8, 4) is 11.5 Å². The highest BCUT2D eigenvalue weighted by Gasteiger charge is 2.22. The molecule has 1 aromatic carbocycles. The summed E-state index contributed by atoms with van der Waals surface area (Å²) in [6.45, 7) is 1.95. The van der Waals surface area contributed by atoms with Crippen LogP contribution in [0.15, 0.2) is 12.1 Å². The third-order valence-corrected chi connectivity index (χ3v) is 3.30. The molecular weight excluding hydrogens is 221 g/mol. The van der Waals surface area contributed by atoms with Crippen LogP contribution >= 0.6 is 0 Å². The Hall–Kier alpha value is -1.29. The van der Waals surface area contributed by atoms with Gasteiger partial charge in [0.15, 0.2) is 11.5 Å². The van der Waals surface area contributed by atoms with E-state index in [1.54, 1.807) is 6.07 Å². The van der Waals surface area contributed by atoms with E-state index in [2.05, 4.69) is 5.32 Å². The van der Waals surface area contributed by atoms with Crippen molar-refractivity contribution >= 4 is 0 Å². The van der Waals surface area contributed by atoms with Crippen molar-refractivity contribution < 1.29 is 13.9 Å². The summed E-state index contributed by atoms with van der Waals surface area (Å²) in [5, 5.41) is 3.30. The highest BCUT2D eigenvalue weighted by atomic mass is 19.1. The van der Waals surface area contributed by atoms with Gasteiger partial charge < -0.3 is 14.8 Å². The van der Waals surface area contributed by atoms with E-state index in [0.29, 0.717) is 11.7 Å². The van der Waals surface area contributed by atoms with Crippen molar-refractivity contribution in [2.45, 2.75) is 18.8 Å². The van der Waals surface area contributed by atoms with E-state index in [1.807, 2.05) is 6.07 Å². The largest absolute Gasteiger partial charge is 0.494 e. The van der Waals surface area contributed by atoms with Gasteiger partial charge in [0.05, 0.1) is 14.2 Å². The highest BCUT2D eigenvalue weighted by Crippen LogP contribution is 2.37. The second-order valence-corrected chi connectivity index (χ2v) is 4.23. The summed E-state index contributed by atoms with van der Waals surface area (Å²) < 4.78 is 24.2. The predicted molar refractivity (Wildman–Crippen MR) is 64.3 cm³/mol. The van der Waals surface area contributed by atoms with Crippen molar-refractivity contribution in [2.24, 2.45) is 0 Å². The summed E-state index contributed by atoms with van der Waals surface area (Å²) in [5.41, 5.74) is 0.951. The predicted octanol–water partition coefficient (Wildman–Crippen LogP) is 2.31. The number of methoxy groups -OCH3 is 2. The molecule has 1 heterocycles. The molecule has 0 radical (unpaired) electrons. The average Bonchev–Trinajstić information content (AvgIpc) is 2.39. The van der Waals surface area contributed by atoms with Crippen LogP contribution in [0.4, 0.5) is 4.39 Å². The number of nitrogens with one attached hydrogen (secondary N) is 1. The number of hydrogen-bond acceptors (Lipinski definition) is 3. The topological polar surface area (TPSA) is 30.5 Å². The van der Waals surface area contributed by atoms with Gasteiger partial charge in [0.1, 0.15) is 0 Å². The molecule has 94 valence electrons. The average molecular weight is 239 g/mol. The van der Waals surface area contributed by atoms with Gasteiger partial charge in [-0.3, -0.25) is 0 Å². The monoisotopic (exact) mass is 239 g/mol. The molecule has 2 rings (SSSR count). The lowest BCUT2D eigenvalue weighted by molar-refractivity contribution is 0.340. The van der Waals surface area contributed by atoms with Crippen molar-refractivity contribution in [1.29, 1.82) is 0 Å². The van der Waals surface area contributed by atoms with Crippen LogP contribution in [0.3, 0.4) is 0 Å². The number of benzene rings is 1. The Bertz CT molecular complexity index is 389. The Morgan fingerprint density at radius 2 is 1.88 bits per heavy atom. The van der Waals surface area contributed by atoms with Gasteiger partial charge in [0.25, 0.3) is 0 Å². The van der Waals surface area contributed by atoms with E-state index >= 15 is 0 Å². The third kappa shape index (κ3) is 2.36. The molecule has 0 aromatic heterocycles. The smallest absolute Gasteiger partial charge is 0.207 e. The zero-order chi connectivity index (χ0) is 12.3. The summed E-state index contributed by atoms with van der Waals surface area (Å²) >= 11 is 0. The molecule has 0 atom stereocenters. The van der Waals surface area contributed by atoms with Crippen molar-refractivity contribution in [3.63, 3.8) is 0 Å². The molecule has 1 aliphatic heterocycles. The van der Waals surface area contributed by atoms with Crippen LogP contribution in [0.25, 0.3) is 0 Å². The Kier molecular flexibility index (Phi) is 3.84. The van der Waals surface area contributed by atoms with E-state index in [0.717, 1.165) is 31.5 Å². The normalized spacial score (nSPS) is 16.9. The summed E-state index contributed by atoms with van der Waals surface area (Å²) in [4.78, 5) is 0. The van der Waals surface area contributed by atoms with Gasteiger partial charge in [-0.15, -0.1) is 0 Å². The van der Waals surface area contributed by atoms with Gasteiger partial charge in [0.2, 0.25) is 5.82 Å². The molecular formula is C13H18FNO2. The van der Waals surface area contributed by atoms with Crippen LogP contribution in [0.5, 0.6) is 11.5 Å². The highest BCUT2D eigenvalue weighted by molar-refractivity contribution is 5.44. The molecule has 0 unspecified atom stereocenters. The number of halogens is 1. The minimum Gasteiger partial charge on any atom is -0.494 e. The Labute approximate surface area is 101 Å². The fourth-order valence-electron chi connectivity index (χ4n) is 2.37. The van der Waals surface area contributed by atoms with Gasteiger partial charge in [-0.1, -0.05) is 6.07 Å². The van der Waals surface area contributed by atoms with Crippen LogP contribution in [-0.2, 0) is 0 Å². The van der Waals surface area contributed by atoms with Crippen LogP contribution in [0.2, 0.25) is 0 Å². The van der Waals surface area contributed by atoms with E-state index in [9.17, 15) is 4.39 Å². The minimum absolute atomic E-state index is 0.236. The molecule has 1 aliphatic rings. The molecule has 0 amide bonds. The number of ether oxygens (including phenoxy) is 2. The summed E-state index contributed by atoms with van der Waals surface area (Å²) in [5.74, 6) is 0.536. The Balaban J connectivity index is 2.35. The van der Waals surface area contributed by atoms with Crippen molar-refractivity contribution in [3.05, 3.63) is 23.5 Å². The fraction of sp³-hybridized carbons (Fsp3) is 0.538. The van der Waals surface area contributed by atoms with Crippen molar-refractivity contribution in [2.75, 3.05) is 27.3 Å². The first kappa shape index (κ1) is 12.2. The molecule has 0 bridgehead atoms. The zero-order valence-corrected chi connectivity index (χ0v) is 10.3. The molecule has 1 saturated heterocycles. The van der Waals surface area contributed by atoms with E-state index in [4.69, 9.17) is 9.47 Å². The molecule has 4 heteroatoms. The first-order valence-corrected chi connectivity index (χ1v) is 5.89. The van der Waals surface area contributed by atoms with Gasteiger partial charge in [-0.05, 0) is 37.9 Å². The third-order valence-electron chi connectivity index (χ3n) is 3.30. The van der Waals surface area contributed by atoms with Crippen LogP contribution in [0.1, 0.15) is 24.3 Å². The van der Waals surface area contributed by atoms with Crippen molar-refractivity contribution in [1.82, 2.24) is 5.32 Å². The molecule has 0 saturated carbocycles. The fourth-order valence-corrected chi connectivity index (χ4v) is 2.37. The second kappa shape index (κ2) is 5.36. The van der Waals surface area contributed by atoms with Gasteiger partial charge >= 0.3 is 0 Å². The first-order valence-electron chi connectivity index (χ1n) is 5.89. The second-order valence-electron chi connectivity index (χ2n) is 4.23. The standard InChI is InChI=1S/C13H18FNO2/c1-16-11-4-3-10(13(17-2)12(11)14)9-5-7-15-8-6-9/h3-4,9,15H,5-8H2,1-2H3. The van der Waals surface area contributed by atoms with Crippen LogP contribution < -0.4 is 14.8 Å². The molecule has 1 fully saturated rings. The maximum atomic E-state index is 14.0. The molecule has 1 N–H and O–H groups in total. The molecule has 3 nitrogen and oxygen atoms in total. The number of hydrogen-bond donors (Lipinski definition) is 1. The number of rotatable bonds is 3. The van der Waals surface area contributed by atoms with E-state index < -0.39 is 5.82 Å². The van der Waals surface area contributed by atoms with Crippen LogP contribution in [-0.4, -0.2) is 27.3 Å². The Morgan fingerprint density at radius 1 is 1.18 bits per heavy atom. The summed E-state index contributed by atoms with van der Waals surface area (Å²) in [7, 11) is 2.96. The van der Waals surface area contributed by atoms with Gasteiger partial charge in [0, 0.05) is 5.56 Å². The maximum absolute atomic E-state index is 14.0. The lowest BCUT2D eigenvalue weighted by Gasteiger charge is -2.25. The number of piperidine rings is 1. The summed E-state index contributed by atoms with van der Waals surface area (Å²) in [6.07, 6.45) is 2.03. The Morgan fingerprint density at radius 3 is 2.47 bits per heavy atom. The molecule has 0 aliphatic carbocycles. The van der Waals surface area contributed by atoms with E-state index in [1.165, 1.54) is 14.2 Å². The summed E-state index contributed by atoms with van der Waals surface area (Å²) in [6, 6.07) is 3.59. The molecule has 0 spiro atoms. The maximum Gasteiger partial charge on any atom is 0.207 e. The van der Waals surface area contributed by atoms with Crippen LogP contribution in [0, 0.1) is 5.82 Å². The quantitative estimate of drug-likeness (QED) is 0.878.